The minimum absolute atomic E-state index is 0.0306. The Labute approximate surface area is 178 Å². The van der Waals surface area contributed by atoms with Gasteiger partial charge in [-0.15, -0.1) is 0 Å². The Balaban J connectivity index is 1.54. The number of ether oxygens (including phenoxy) is 2. The third-order valence-electron chi connectivity index (χ3n) is 5.57. The molecule has 7 nitrogen and oxygen atoms in total. The number of amides is 2. The summed E-state index contributed by atoms with van der Waals surface area (Å²) in [5.74, 6) is 0.749. The summed E-state index contributed by atoms with van der Waals surface area (Å²) in [5, 5.41) is 2.85. The van der Waals surface area contributed by atoms with Crippen LogP contribution < -0.4 is 14.8 Å². The lowest BCUT2D eigenvalue weighted by Crippen LogP contribution is -2.27. The van der Waals surface area contributed by atoms with E-state index >= 15 is 0 Å². The fraction of sp³-hybridized carbons (Fsp3) is 0.409. The van der Waals surface area contributed by atoms with Gasteiger partial charge in [-0.25, -0.2) is 13.8 Å². The zero-order valence-electron chi connectivity index (χ0n) is 17.2. The van der Waals surface area contributed by atoms with Gasteiger partial charge in [-0.1, -0.05) is 6.07 Å². The Bertz CT molecular complexity index is 1010. The maximum atomic E-state index is 13.0. The summed E-state index contributed by atoms with van der Waals surface area (Å²) in [6, 6.07) is 6.28. The average Bonchev–Trinajstić information content (AvgIpc) is 3.56. The molecule has 1 fully saturated rings. The summed E-state index contributed by atoms with van der Waals surface area (Å²) in [7, 11) is 1.43. The molecule has 1 N–H and O–H groups in total. The van der Waals surface area contributed by atoms with E-state index in [1.54, 1.807) is 29.2 Å². The fourth-order valence-electron chi connectivity index (χ4n) is 3.63. The number of aromatic nitrogens is 1. The number of hydrogen-bond acceptors (Lipinski definition) is 5. The van der Waals surface area contributed by atoms with Crippen molar-refractivity contribution >= 4 is 17.6 Å². The van der Waals surface area contributed by atoms with Crippen molar-refractivity contribution in [3.63, 3.8) is 0 Å². The predicted molar refractivity (Wildman–Crippen MR) is 108 cm³/mol. The van der Waals surface area contributed by atoms with Gasteiger partial charge < -0.3 is 19.7 Å². The first-order valence-corrected chi connectivity index (χ1v) is 10.1. The monoisotopic (exact) mass is 431 g/mol. The van der Waals surface area contributed by atoms with Crippen LogP contribution in [-0.2, 0) is 11.3 Å². The van der Waals surface area contributed by atoms with E-state index in [4.69, 9.17) is 9.47 Å². The highest BCUT2D eigenvalue weighted by Crippen LogP contribution is 2.38. The predicted octanol–water partition coefficient (Wildman–Crippen LogP) is 3.80. The van der Waals surface area contributed by atoms with Crippen LogP contribution in [0.5, 0.6) is 11.5 Å². The molecule has 1 saturated carbocycles. The van der Waals surface area contributed by atoms with E-state index < -0.39 is 13.0 Å². The van der Waals surface area contributed by atoms with Gasteiger partial charge in [-0.05, 0) is 43.5 Å². The number of pyridine rings is 1. The normalized spacial score (nSPS) is 16.3. The Hall–Kier alpha value is -3.23. The molecular formula is C22H23F2N3O4. The number of carbonyl (C=O) groups excluding carboxylic acids is 2. The maximum Gasteiger partial charge on any atom is 0.272 e. The molecule has 0 radical (unpaired) electrons. The third-order valence-corrected chi connectivity index (χ3v) is 5.57. The van der Waals surface area contributed by atoms with Gasteiger partial charge in [0.1, 0.15) is 12.4 Å². The first-order chi connectivity index (χ1) is 14.9. The van der Waals surface area contributed by atoms with Crippen molar-refractivity contribution in [1.29, 1.82) is 0 Å². The van der Waals surface area contributed by atoms with Gasteiger partial charge in [-0.3, -0.25) is 9.59 Å². The van der Waals surface area contributed by atoms with Crippen molar-refractivity contribution in [3.8, 4) is 11.5 Å². The van der Waals surface area contributed by atoms with E-state index in [1.807, 2.05) is 6.92 Å². The molecule has 2 amide bonds. The fourth-order valence-corrected chi connectivity index (χ4v) is 3.63. The highest BCUT2D eigenvalue weighted by atomic mass is 19.3. The summed E-state index contributed by atoms with van der Waals surface area (Å²) in [6.45, 7) is 1.44. The summed E-state index contributed by atoms with van der Waals surface area (Å²) >= 11 is 0. The first kappa shape index (κ1) is 21.0. The zero-order valence-corrected chi connectivity index (χ0v) is 17.2. The molecule has 2 aromatic rings. The summed E-state index contributed by atoms with van der Waals surface area (Å²) in [4.78, 5) is 31.1. The van der Waals surface area contributed by atoms with Gasteiger partial charge >= 0.3 is 0 Å². The number of carbonyl (C=O) groups is 2. The Kier molecular flexibility index (Phi) is 5.75. The lowest BCUT2D eigenvalue weighted by molar-refractivity contribution is -0.117. The van der Waals surface area contributed by atoms with Crippen LogP contribution in [0.1, 0.15) is 47.3 Å². The van der Waals surface area contributed by atoms with Gasteiger partial charge in [0, 0.05) is 23.2 Å². The van der Waals surface area contributed by atoms with Gasteiger partial charge in [0.15, 0.2) is 11.5 Å². The number of benzene rings is 1. The number of hydrogen-bond donors (Lipinski definition) is 1. The van der Waals surface area contributed by atoms with Gasteiger partial charge in [0.05, 0.1) is 19.7 Å². The number of fused-ring (bicyclic) bond motifs is 1. The average molecular weight is 431 g/mol. The maximum absolute atomic E-state index is 13.0. The molecule has 1 unspecified atom stereocenters. The Morgan fingerprint density at radius 2 is 2.06 bits per heavy atom. The summed E-state index contributed by atoms with van der Waals surface area (Å²) in [5.41, 5.74) is 1.97. The molecule has 31 heavy (non-hydrogen) atoms. The van der Waals surface area contributed by atoms with Crippen molar-refractivity contribution in [3.05, 3.63) is 47.2 Å². The van der Waals surface area contributed by atoms with E-state index in [2.05, 4.69) is 10.3 Å². The lowest BCUT2D eigenvalue weighted by atomic mass is 10.1. The Morgan fingerprint density at radius 1 is 1.29 bits per heavy atom. The molecule has 1 aromatic carbocycles. The van der Waals surface area contributed by atoms with Crippen LogP contribution >= 0.6 is 0 Å². The van der Waals surface area contributed by atoms with Gasteiger partial charge in [0.2, 0.25) is 5.91 Å². The highest BCUT2D eigenvalue weighted by molar-refractivity contribution is 6.02. The van der Waals surface area contributed by atoms with Crippen LogP contribution in [0.3, 0.4) is 0 Å². The van der Waals surface area contributed by atoms with Crippen molar-refractivity contribution in [2.75, 3.05) is 19.0 Å². The minimum Gasteiger partial charge on any atom is -0.493 e. The third kappa shape index (κ3) is 4.30. The van der Waals surface area contributed by atoms with Crippen LogP contribution in [0.2, 0.25) is 0 Å². The van der Waals surface area contributed by atoms with Crippen LogP contribution in [0, 0.1) is 5.92 Å². The SMILES string of the molecule is COc1cc(C(C)N2Cc3c(ccnc3NC(=O)C3CC3)C2=O)ccc1OCC(F)F. The van der Waals surface area contributed by atoms with Crippen LogP contribution in [0.15, 0.2) is 30.5 Å². The van der Waals surface area contributed by atoms with Crippen LogP contribution in [0.4, 0.5) is 14.6 Å². The van der Waals surface area contributed by atoms with Gasteiger partial charge in [-0.2, -0.15) is 0 Å². The molecule has 164 valence electrons. The minimum atomic E-state index is -2.59. The van der Waals surface area contributed by atoms with Crippen LogP contribution in [0.25, 0.3) is 0 Å². The van der Waals surface area contributed by atoms with Crippen LogP contribution in [-0.4, -0.2) is 41.8 Å². The number of alkyl halides is 2. The largest absolute Gasteiger partial charge is 0.493 e. The Morgan fingerprint density at radius 3 is 2.74 bits per heavy atom. The zero-order chi connectivity index (χ0) is 22.1. The molecule has 4 rings (SSSR count). The summed E-state index contributed by atoms with van der Waals surface area (Å²) in [6.07, 6.45) is 0.682. The van der Waals surface area contributed by atoms with E-state index in [0.717, 1.165) is 18.4 Å². The number of methoxy groups -OCH3 is 1. The summed E-state index contributed by atoms with van der Waals surface area (Å²) < 4.78 is 35.3. The molecule has 1 aliphatic carbocycles. The second-order valence-electron chi connectivity index (χ2n) is 7.67. The molecule has 0 bridgehead atoms. The molecule has 0 saturated heterocycles. The van der Waals surface area contributed by atoms with Crippen molar-refractivity contribution < 1.29 is 27.8 Å². The topological polar surface area (TPSA) is 80.8 Å². The molecule has 1 aromatic heterocycles. The van der Waals surface area contributed by atoms with Crippen molar-refractivity contribution in [1.82, 2.24) is 9.88 Å². The molecule has 2 heterocycles. The molecule has 1 atom stereocenters. The highest BCUT2D eigenvalue weighted by Gasteiger charge is 2.36. The van der Waals surface area contributed by atoms with Gasteiger partial charge in [0.25, 0.3) is 12.3 Å². The number of anilines is 1. The number of nitrogens with zero attached hydrogens (tertiary/aromatic N) is 2. The molecular weight excluding hydrogens is 408 g/mol. The second kappa shape index (κ2) is 8.49. The van der Waals surface area contributed by atoms with E-state index in [0.29, 0.717) is 29.2 Å². The first-order valence-electron chi connectivity index (χ1n) is 10.1. The molecule has 1 aliphatic heterocycles. The molecule has 9 heteroatoms. The second-order valence-corrected chi connectivity index (χ2v) is 7.67. The molecule has 0 spiro atoms. The van der Waals surface area contributed by atoms with E-state index in [9.17, 15) is 18.4 Å². The van der Waals surface area contributed by atoms with E-state index in [-0.39, 0.29) is 29.5 Å². The van der Waals surface area contributed by atoms with Crippen molar-refractivity contribution in [2.45, 2.75) is 38.8 Å². The standard InChI is InChI=1S/C22H23F2N3O4/c1-12(14-5-6-17(18(9-14)30-2)31-11-19(23)24)27-10-16-15(22(27)29)7-8-25-20(16)26-21(28)13-3-4-13/h5-9,12-13,19H,3-4,10-11H2,1-2H3,(H,25,26,28). The number of nitrogens with one attached hydrogen (secondary N) is 1. The molecule has 2 aliphatic rings. The number of rotatable bonds is 8. The quantitative estimate of drug-likeness (QED) is 0.688. The number of halogens is 2. The van der Waals surface area contributed by atoms with Crippen molar-refractivity contribution in [2.24, 2.45) is 5.92 Å². The smallest absolute Gasteiger partial charge is 0.272 e. The van der Waals surface area contributed by atoms with E-state index in [1.165, 1.54) is 13.3 Å². The lowest BCUT2D eigenvalue weighted by Gasteiger charge is -2.25.